The minimum absolute atomic E-state index is 0.0767. The second-order valence-electron chi connectivity index (χ2n) is 5.09. The van der Waals surface area contributed by atoms with Crippen LogP contribution >= 0.6 is 11.6 Å². The molecule has 4 nitrogen and oxygen atoms in total. The van der Waals surface area contributed by atoms with E-state index in [1.54, 1.807) is 32.3 Å². The van der Waals surface area contributed by atoms with Gasteiger partial charge in [0.25, 0.3) is 5.91 Å². The number of benzene rings is 2. The molecule has 0 saturated carbocycles. The van der Waals surface area contributed by atoms with Gasteiger partial charge in [-0.15, -0.1) is 0 Å². The number of amides is 1. The molecule has 0 saturated heterocycles. The zero-order valence-corrected chi connectivity index (χ0v) is 13.0. The number of halogens is 1. The summed E-state index contributed by atoms with van der Waals surface area (Å²) in [6, 6.07) is 10.8. The standard InChI is InChI=1S/C16H18ClN3O/c1-10-4-6-12(17)9-15(10)19-14-7-5-11(8-13(14)18)16(21)20(2)3/h4-9,19H,18H2,1-3H3. The van der Waals surface area contributed by atoms with E-state index in [4.69, 9.17) is 17.3 Å². The van der Waals surface area contributed by atoms with Crippen LogP contribution in [0, 0.1) is 6.92 Å². The third-order valence-corrected chi connectivity index (χ3v) is 3.41. The number of nitrogen functional groups attached to an aromatic ring is 1. The third-order valence-electron chi connectivity index (χ3n) is 3.17. The fourth-order valence-electron chi connectivity index (χ4n) is 1.94. The lowest BCUT2D eigenvalue weighted by atomic mass is 10.1. The van der Waals surface area contributed by atoms with Crippen LogP contribution in [0.3, 0.4) is 0 Å². The topological polar surface area (TPSA) is 58.4 Å². The fraction of sp³-hybridized carbons (Fsp3) is 0.188. The van der Waals surface area contributed by atoms with Gasteiger partial charge in [-0.2, -0.15) is 0 Å². The first-order valence-electron chi connectivity index (χ1n) is 6.53. The van der Waals surface area contributed by atoms with E-state index in [-0.39, 0.29) is 5.91 Å². The number of nitrogens with two attached hydrogens (primary N) is 1. The average molecular weight is 304 g/mol. The highest BCUT2D eigenvalue weighted by atomic mass is 35.5. The highest BCUT2D eigenvalue weighted by molar-refractivity contribution is 6.30. The van der Waals surface area contributed by atoms with E-state index >= 15 is 0 Å². The Hall–Kier alpha value is -2.20. The van der Waals surface area contributed by atoms with Crippen molar-refractivity contribution in [3.63, 3.8) is 0 Å². The zero-order chi connectivity index (χ0) is 15.6. The van der Waals surface area contributed by atoms with Crippen molar-refractivity contribution in [1.29, 1.82) is 0 Å². The fourth-order valence-corrected chi connectivity index (χ4v) is 2.11. The van der Waals surface area contributed by atoms with E-state index in [1.165, 1.54) is 4.90 Å². The first kappa shape index (κ1) is 15.2. The molecule has 0 radical (unpaired) electrons. The summed E-state index contributed by atoms with van der Waals surface area (Å²) in [5.74, 6) is -0.0767. The molecule has 0 fully saturated rings. The molecule has 0 aromatic heterocycles. The first-order valence-corrected chi connectivity index (χ1v) is 6.90. The second-order valence-corrected chi connectivity index (χ2v) is 5.52. The minimum atomic E-state index is -0.0767. The molecule has 0 heterocycles. The summed E-state index contributed by atoms with van der Waals surface area (Å²) in [6.07, 6.45) is 0. The summed E-state index contributed by atoms with van der Waals surface area (Å²) in [7, 11) is 3.42. The van der Waals surface area contributed by atoms with Crippen LogP contribution in [0.15, 0.2) is 36.4 Å². The highest BCUT2D eigenvalue weighted by Gasteiger charge is 2.10. The SMILES string of the molecule is Cc1ccc(Cl)cc1Nc1ccc(C(=O)N(C)C)cc1N. The molecule has 2 aromatic carbocycles. The lowest BCUT2D eigenvalue weighted by molar-refractivity contribution is 0.0827. The molecule has 0 spiro atoms. The van der Waals surface area contributed by atoms with Crippen LogP contribution in [0.5, 0.6) is 0 Å². The molecule has 0 aliphatic carbocycles. The lowest BCUT2D eigenvalue weighted by Gasteiger charge is -2.15. The number of aryl methyl sites for hydroxylation is 1. The smallest absolute Gasteiger partial charge is 0.253 e. The van der Waals surface area contributed by atoms with Crippen LogP contribution in [0.2, 0.25) is 5.02 Å². The molecule has 0 unspecified atom stereocenters. The van der Waals surface area contributed by atoms with Gasteiger partial charge < -0.3 is 16.0 Å². The summed E-state index contributed by atoms with van der Waals surface area (Å²) < 4.78 is 0. The Labute approximate surface area is 129 Å². The van der Waals surface area contributed by atoms with Crippen molar-refractivity contribution in [2.24, 2.45) is 0 Å². The molecule has 5 heteroatoms. The maximum absolute atomic E-state index is 11.9. The molecule has 2 aromatic rings. The van der Waals surface area contributed by atoms with Gasteiger partial charge in [0.1, 0.15) is 0 Å². The van der Waals surface area contributed by atoms with E-state index < -0.39 is 0 Å². The van der Waals surface area contributed by atoms with Crippen LogP contribution in [0.25, 0.3) is 0 Å². The molecule has 0 aliphatic rings. The zero-order valence-electron chi connectivity index (χ0n) is 12.3. The Morgan fingerprint density at radius 2 is 1.86 bits per heavy atom. The molecule has 21 heavy (non-hydrogen) atoms. The van der Waals surface area contributed by atoms with Gasteiger partial charge in [-0.3, -0.25) is 4.79 Å². The van der Waals surface area contributed by atoms with Gasteiger partial charge in [0, 0.05) is 30.4 Å². The Balaban J connectivity index is 2.30. The van der Waals surface area contributed by atoms with Gasteiger partial charge >= 0.3 is 0 Å². The summed E-state index contributed by atoms with van der Waals surface area (Å²) in [5.41, 5.74) is 9.80. The van der Waals surface area contributed by atoms with Crippen LogP contribution in [-0.2, 0) is 0 Å². The van der Waals surface area contributed by atoms with E-state index in [0.29, 0.717) is 16.3 Å². The summed E-state index contributed by atoms with van der Waals surface area (Å²) >= 11 is 6.00. The monoisotopic (exact) mass is 303 g/mol. The van der Waals surface area contributed by atoms with Crippen LogP contribution in [0.4, 0.5) is 17.1 Å². The van der Waals surface area contributed by atoms with Gasteiger partial charge in [0.15, 0.2) is 0 Å². The molecule has 0 aliphatic heterocycles. The van der Waals surface area contributed by atoms with E-state index in [1.807, 2.05) is 25.1 Å². The first-order chi connectivity index (χ1) is 9.88. The Morgan fingerprint density at radius 3 is 2.48 bits per heavy atom. The molecule has 2 rings (SSSR count). The molecule has 3 N–H and O–H groups in total. The second kappa shape index (κ2) is 6.06. The van der Waals surface area contributed by atoms with Crippen molar-refractivity contribution in [2.75, 3.05) is 25.1 Å². The normalized spacial score (nSPS) is 10.3. The largest absolute Gasteiger partial charge is 0.397 e. The number of carbonyl (C=O) groups is 1. The summed E-state index contributed by atoms with van der Waals surface area (Å²) in [5, 5.41) is 3.90. The Morgan fingerprint density at radius 1 is 1.14 bits per heavy atom. The van der Waals surface area contributed by atoms with Crippen molar-refractivity contribution in [3.05, 3.63) is 52.5 Å². The van der Waals surface area contributed by atoms with E-state index in [9.17, 15) is 4.79 Å². The predicted molar refractivity (Wildman–Crippen MR) is 88.3 cm³/mol. The van der Waals surface area contributed by atoms with E-state index in [2.05, 4.69) is 5.32 Å². The summed E-state index contributed by atoms with van der Waals surface area (Å²) in [4.78, 5) is 13.4. The molecule has 0 bridgehead atoms. The van der Waals surface area contributed by atoms with Gasteiger partial charge in [0.05, 0.1) is 11.4 Å². The molecular formula is C16H18ClN3O. The van der Waals surface area contributed by atoms with Crippen molar-refractivity contribution >= 4 is 34.6 Å². The van der Waals surface area contributed by atoms with Gasteiger partial charge in [0.2, 0.25) is 0 Å². The van der Waals surface area contributed by atoms with Gasteiger partial charge in [-0.1, -0.05) is 17.7 Å². The third kappa shape index (κ3) is 3.47. The lowest BCUT2D eigenvalue weighted by Crippen LogP contribution is -2.21. The highest BCUT2D eigenvalue weighted by Crippen LogP contribution is 2.28. The maximum atomic E-state index is 11.9. The maximum Gasteiger partial charge on any atom is 0.253 e. The quantitative estimate of drug-likeness (QED) is 0.850. The van der Waals surface area contributed by atoms with Gasteiger partial charge in [-0.25, -0.2) is 0 Å². The number of nitrogens with one attached hydrogen (secondary N) is 1. The molecule has 0 atom stereocenters. The number of rotatable bonds is 3. The van der Waals surface area contributed by atoms with E-state index in [0.717, 1.165) is 16.9 Å². The number of hydrogen-bond acceptors (Lipinski definition) is 3. The van der Waals surface area contributed by atoms with Crippen LogP contribution in [0.1, 0.15) is 15.9 Å². The van der Waals surface area contributed by atoms with Crippen molar-refractivity contribution in [1.82, 2.24) is 4.90 Å². The number of hydrogen-bond donors (Lipinski definition) is 2. The minimum Gasteiger partial charge on any atom is -0.397 e. The van der Waals surface area contributed by atoms with Crippen molar-refractivity contribution in [3.8, 4) is 0 Å². The van der Waals surface area contributed by atoms with Crippen molar-refractivity contribution in [2.45, 2.75) is 6.92 Å². The Bertz CT molecular complexity index is 683. The summed E-state index contributed by atoms with van der Waals surface area (Å²) in [6.45, 7) is 1.98. The number of anilines is 3. The van der Waals surface area contributed by atoms with Crippen molar-refractivity contribution < 1.29 is 4.79 Å². The number of carbonyl (C=O) groups excluding carboxylic acids is 1. The van der Waals surface area contributed by atoms with Crippen LogP contribution < -0.4 is 11.1 Å². The molecular weight excluding hydrogens is 286 g/mol. The average Bonchev–Trinajstić information content (AvgIpc) is 2.44. The molecule has 110 valence electrons. The molecule has 1 amide bonds. The Kier molecular flexibility index (Phi) is 4.38. The van der Waals surface area contributed by atoms with Crippen LogP contribution in [-0.4, -0.2) is 24.9 Å². The number of nitrogens with zero attached hydrogens (tertiary/aromatic N) is 1. The predicted octanol–water partition coefficient (Wildman–Crippen LogP) is 3.68. The van der Waals surface area contributed by atoms with Gasteiger partial charge in [-0.05, 0) is 42.8 Å².